The number of aldehydes is 1. The van der Waals surface area contributed by atoms with Crippen molar-refractivity contribution in [2.24, 2.45) is 0 Å². The van der Waals surface area contributed by atoms with Crippen molar-refractivity contribution in [1.29, 1.82) is 0 Å². The molecule has 1 aliphatic rings. The molecule has 0 aliphatic carbocycles. The number of hydrogen-bond acceptors (Lipinski definition) is 6. The van der Waals surface area contributed by atoms with E-state index in [2.05, 4.69) is 4.98 Å². The van der Waals surface area contributed by atoms with Crippen molar-refractivity contribution in [2.45, 2.75) is 20.5 Å². The second kappa shape index (κ2) is 4.88. The van der Waals surface area contributed by atoms with Gasteiger partial charge in [-0.2, -0.15) is 0 Å². The molecule has 0 saturated carbocycles. The van der Waals surface area contributed by atoms with Gasteiger partial charge in [-0.1, -0.05) is 0 Å². The van der Waals surface area contributed by atoms with E-state index in [0.29, 0.717) is 35.0 Å². The van der Waals surface area contributed by atoms with Crippen molar-refractivity contribution in [3.8, 4) is 17.2 Å². The third-order valence-electron chi connectivity index (χ3n) is 3.06. The molecule has 0 bridgehead atoms. The van der Waals surface area contributed by atoms with Crippen LogP contribution in [0.25, 0.3) is 0 Å². The Labute approximate surface area is 115 Å². The summed E-state index contributed by atoms with van der Waals surface area (Å²) in [5.74, 6) is 2.74. The summed E-state index contributed by atoms with van der Waals surface area (Å²) < 4.78 is 21.5. The van der Waals surface area contributed by atoms with E-state index in [1.165, 1.54) is 0 Å². The molecular weight excluding hydrogens is 262 g/mol. The van der Waals surface area contributed by atoms with Gasteiger partial charge >= 0.3 is 0 Å². The molecule has 0 radical (unpaired) electrons. The van der Waals surface area contributed by atoms with Gasteiger partial charge in [0.1, 0.15) is 11.5 Å². The van der Waals surface area contributed by atoms with Crippen LogP contribution in [0.15, 0.2) is 16.5 Å². The van der Waals surface area contributed by atoms with Gasteiger partial charge in [-0.25, -0.2) is 4.98 Å². The fourth-order valence-electron chi connectivity index (χ4n) is 1.90. The molecule has 104 valence electrons. The van der Waals surface area contributed by atoms with Crippen LogP contribution in [0.3, 0.4) is 0 Å². The maximum absolute atomic E-state index is 11.1. The van der Waals surface area contributed by atoms with Gasteiger partial charge in [0, 0.05) is 6.07 Å². The highest BCUT2D eigenvalue weighted by atomic mass is 16.7. The number of ether oxygens (including phenoxy) is 3. The lowest BCUT2D eigenvalue weighted by Crippen LogP contribution is -1.99. The van der Waals surface area contributed by atoms with Crippen molar-refractivity contribution < 1.29 is 23.4 Å². The number of oxazole rings is 1. The maximum Gasteiger partial charge on any atom is 0.232 e. The first-order valence-electron chi connectivity index (χ1n) is 6.12. The zero-order chi connectivity index (χ0) is 14.1. The van der Waals surface area contributed by atoms with E-state index in [1.54, 1.807) is 12.1 Å². The average molecular weight is 275 g/mol. The summed E-state index contributed by atoms with van der Waals surface area (Å²) in [6.07, 6.45) is 0.712. The largest absolute Gasteiger partial charge is 0.483 e. The van der Waals surface area contributed by atoms with Crippen LogP contribution in [-0.2, 0) is 6.61 Å². The molecule has 0 saturated heterocycles. The number of fused-ring (bicyclic) bond motifs is 1. The summed E-state index contributed by atoms with van der Waals surface area (Å²) in [6, 6.07) is 3.23. The van der Waals surface area contributed by atoms with E-state index in [-0.39, 0.29) is 13.4 Å². The van der Waals surface area contributed by atoms with E-state index in [1.807, 2.05) is 13.8 Å². The topological polar surface area (TPSA) is 70.8 Å². The minimum atomic E-state index is 0.148. The Morgan fingerprint density at radius 3 is 2.70 bits per heavy atom. The summed E-state index contributed by atoms with van der Waals surface area (Å²) in [7, 11) is 0. The van der Waals surface area contributed by atoms with Crippen LogP contribution in [0.1, 0.15) is 27.7 Å². The second-order valence-electron chi connectivity index (χ2n) is 4.40. The highest BCUT2D eigenvalue weighted by molar-refractivity contribution is 5.81. The van der Waals surface area contributed by atoms with Gasteiger partial charge in [0.25, 0.3) is 0 Å². The quantitative estimate of drug-likeness (QED) is 0.798. The van der Waals surface area contributed by atoms with Gasteiger partial charge in [-0.15, -0.1) is 0 Å². The van der Waals surface area contributed by atoms with Crippen LogP contribution < -0.4 is 14.2 Å². The molecule has 1 aromatic heterocycles. The number of carbonyl (C=O) groups excluding carboxylic acids is 1. The van der Waals surface area contributed by atoms with Crippen LogP contribution in [-0.4, -0.2) is 18.1 Å². The molecule has 0 N–H and O–H groups in total. The first-order valence-corrected chi connectivity index (χ1v) is 6.12. The molecule has 6 nitrogen and oxygen atoms in total. The number of nitrogens with zero attached hydrogens (tertiary/aromatic N) is 1. The maximum atomic E-state index is 11.1. The molecule has 0 fully saturated rings. The number of benzene rings is 1. The Hall–Kier alpha value is -2.50. The number of rotatable bonds is 4. The summed E-state index contributed by atoms with van der Waals surface area (Å²) in [4.78, 5) is 15.3. The number of carbonyl (C=O) groups is 1. The molecular formula is C14H13NO5. The number of aryl methyl sites for hydroxylation is 2. The summed E-state index contributed by atoms with van der Waals surface area (Å²) in [5.41, 5.74) is 1.22. The van der Waals surface area contributed by atoms with Crippen LogP contribution >= 0.6 is 0 Å². The fourth-order valence-corrected chi connectivity index (χ4v) is 1.90. The molecule has 1 aromatic carbocycles. The first-order chi connectivity index (χ1) is 9.67. The predicted octanol–water partition coefficient (Wildman–Crippen LogP) is 2.41. The van der Waals surface area contributed by atoms with E-state index in [9.17, 15) is 4.79 Å². The molecule has 0 atom stereocenters. The van der Waals surface area contributed by atoms with E-state index >= 15 is 0 Å². The Morgan fingerprint density at radius 1 is 1.30 bits per heavy atom. The average Bonchev–Trinajstić information content (AvgIpc) is 3.02. The van der Waals surface area contributed by atoms with Crippen LogP contribution in [0, 0.1) is 13.8 Å². The smallest absolute Gasteiger partial charge is 0.232 e. The summed E-state index contributed by atoms with van der Waals surface area (Å²) >= 11 is 0. The van der Waals surface area contributed by atoms with Gasteiger partial charge in [0.15, 0.2) is 24.4 Å². The van der Waals surface area contributed by atoms with Crippen molar-refractivity contribution in [1.82, 2.24) is 4.98 Å². The SMILES string of the molecule is Cc1nc(COc2cc3c(cc2C=O)OCO3)oc1C. The predicted molar refractivity (Wildman–Crippen MR) is 68.3 cm³/mol. The standard InChI is InChI=1S/C14H13NO5/c1-8-9(2)20-14(15-8)6-17-11-4-13-12(18-7-19-13)3-10(11)5-16/h3-5H,6-7H2,1-2H3. The zero-order valence-corrected chi connectivity index (χ0v) is 11.1. The van der Waals surface area contributed by atoms with Gasteiger partial charge in [-0.3, -0.25) is 4.79 Å². The van der Waals surface area contributed by atoms with Gasteiger partial charge < -0.3 is 18.6 Å². The van der Waals surface area contributed by atoms with Crippen LogP contribution in [0.5, 0.6) is 17.2 Å². The number of aromatic nitrogens is 1. The lowest BCUT2D eigenvalue weighted by molar-refractivity contribution is 0.111. The van der Waals surface area contributed by atoms with Crippen molar-refractivity contribution in [2.75, 3.05) is 6.79 Å². The van der Waals surface area contributed by atoms with Crippen molar-refractivity contribution in [3.05, 3.63) is 35.0 Å². The van der Waals surface area contributed by atoms with E-state index < -0.39 is 0 Å². The molecule has 0 spiro atoms. The molecule has 6 heteroatoms. The third kappa shape index (κ3) is 2.20. The monoisotopic (exact) mass is 275 g/mol. The highest BCUT2D eigenvalue weighted by Gasteiger charge is 2.18. The Kier molecular flexibility index (Phi) is 3.06. The van der Waals surface area contributed by atoms with Gasteiger partial charge in [-0.05, 0) is 19.9 Å². The third-order valence-corrected chi connectivity index (χ3v) is 3.06. The van der Waals surface area contributed by atoms with E-state index in [4.69, 9.17) is 18.6 Å². The van der Waals surface area contributed by atoms with Crippen molar-refractivity contribution in [3.63, 3.8) is 0 Å². The van der Waals surface area contributed by atoms with Crippen molar-refractivity contribution >= 4 is 6.29 Å². The molecule has 1 aliphatic heterocycles. The normalized spacial score (nSPS) is 12.5. The molecule has 2 aromatic rings. The van der Waals surface area contributed by atoms with Gasteiger partial charge in [0.2, 0.25) is 12.7 Å². The van der Waals surface area contributed by atoms with Gasteiger partial charge in [0.05, 0.1) is 11.3 Å². The summed E-state index contributed by atoms with van der Waals surface area (Å²) in [5, 5.41) is 0. The fraction of sp³-hybridized carbons (Fsp3) is 0.286. The molecule has 3 rings (SSSR count). The highest BCUT2D eigenvalue weighted by Crippen LogP contribution is 2.37. The first kappa shape index (κ1) is 12.5. The van der Waals surface area contributed by atoms with Crippen LogP contribution in [0.2, 0.25) is 0 Å². The molecule has 0 unspecified atom stereocenters. The molecule has 0 amide bonds. The van der Waals surface area contributed by atoms with E-state index in [0.717, 1.165) is 11.5 Å². The lowest BCUT2D eigenvalue weighted by Gasteiger charge is -2.07. The molecule has 20 heavy (non-hydrogen) atoms. The minimum Gasteiger partial charge on any atom is -0.483 e. The minimum absolute atomic E-state index is 0.148. The lowest BCUT2D eigenvalue weighted by atomic mass is 10.2. The zero-order valence-electron chi connectivity index (χ0n) is 11.1. The Morgan fingerprint density at radius 2 is 2.05 bits per heavy atom. The summed E-state index contributed by atoms with van der Waals surface area (Å²) in [6.45, 7) is 3.99. The van der Waals surface area contributed by atoms with Crippen LogP contribution in [0.4, 0.5) is 0 Å². The second-order valence-corrected chi connectivity index (χ2v) is 4.40. The Balaban J connectivity index is 1.81. The Bertz CT molecular complexity index is 642. The molecule has 2 heterocycles. The number of hydrogen-bond donors (Lipinski definition) is 0.